The van der Waals surface area contributed by atoms with Crippen LogP contribution < -0.4 is 0 Å². The van der Waals surface area contributed by atoms with Gasteiger partial charge in [0, 0.05) is 21.5 Å². The number of hydrogen-bond acceptors (Lipinski definition) is 3. The Bertz CT molecular complexity index is 2650. The summed E-state index contributed by atoms with van der Waals surface area (Å²) >= 11 is 0. The predicted octanol–water partition coefficient (Wildman–Crippen LogP) is 12.2. The molecule has 0 saturated heterocycles. The molecule has 232 valence electrons. The number of fused-ring (bicyclic) bond motifs is 7. The summed E-state index contributed by atoms with van der Waals surface area (Å²) in [7, 11) is 0. The highest BCUT2D eigenvalue weighted by atomic mass is 16.3. The lowest BCUT2D eigenvalue weighted by Gasteiger charge is -2.24. The van der Waals surface area contributed by atoms with Crippen molar-refractivity contribution in [2.75, 3.05) is 0 Å². The van der Waals surface area contributed by atoms with Gasteiger partial charge in [-0.2, -0.15) is 0 Å². The zero-order valence-corrected chi connectivity index (χ0v) is 27.5. The van der Waals surface area contributed by atoms with Crippen LogP contribution in [0, 0.1) is 0 Å². The van der Waals surface area contributed by atoms with Crippen molar-refractivity contribution in [1.29, 1.82) is 0 Å². The Kier molecular flexibility index (Phi) is 6.48. The summed E-state index contributed by atoms with van der Waals surface area (Å²) in [6, 6.07) is 45.3. The third-order valence-corrected chi connectivity index (χ3v) is 9.72. The Labute approximate surface area is 279 Å². The Morgan fingerprint density at radius 2 is 1.25 bits per heavy atom. The van der Waals surface area contributed by atoms with Crippen molar-refractivity contribution >= 4 is 54.8 Å². The number of hydrogen-bond donors (Lipinski definition) is 0. The van der Waals surface area contributed by atoms with E-state index in [9.17, 15) is 0 Å². The van der Waals surface area contributed by atoms with E-state index in [0.29, 0.717) is 5.71 Å². The summed E-state index contributed by atoms with van der Waals surface area (Å²) in [6.07, 6.45) is 0. The molecule has 6 aromatic carbocycles. The van der Waals surface area contributed by atoms with Crippen LogP contribution in [0.25, 0.3) is 83.0 Å². The Morgan fingerprint density at radius 3 is 2.04 bits per heavy atom. The normalized spacial score (nSPS) is 12.1. The molecule has 0 spiro atoms. The third-order valence-electron chi connectivity index (χ3n) is 9.72. The van der Waals surface area contributed by atoms with Gasteiger partial charge in [-0.15, -0.1) is 0 Å². The molecule has 4 nitrogen and oxygen atoms in total. The number of imidazole rings is 1. The highest BCUT2D eigenvalue weighted by Gasteiger charge is 2.25. The molecule has 3 heterocycles. The van der Waals surface area contributed by atoms with Gasteiger partial charge in [-0.05, 0) is 75.9 Å². The first-order valence-electron chi connectivity index (χ1n) is 16.8. The third kappa shape index (κ3) is 4.36. The molecule has 0 saturated carbocycles. The maximum Gasteiger partial charge on any atom is 0.227 e. The van der Waals surface area contributed by atoms with Crippen LogP contribution in [0.5, 0.6) is 0 Å². The number of benzene rings is 6. The number of pyridine rings is 1. The molecule has 0 bridgehead atoms. The average molecular weight is 622 g/mol. The quantitative estimate of drug-likeness (QED) is 0.180. The Morgan fingerprint density at radius 1 is 0.562 bits per heavy atom. The molecule has 0 N–H and O–H groups in total. The fraction of sp³-hybridized carbons (Fsp3) is 0.136. The maximum absolute atomic E-state index is 6.75. The van der Waals surface area contributed by atoms with Gasteiger partial charge in [0.15, 0.2) is 0 Å². The molecule has 0 aliphatic rings. The van der Waals surface area contributed by atoms with Gasteiger partial charge in [0.1, 0.15) is 11.4 Å². The molecule has 0 amide bonds. The average Bonchev–Trinajstić information content (AvgIpc) is 3.68. The van der Waals surface area contributed by atoms with E-state index in [2.05, 4.69) is 160 Å². The van der Waals surface area contributed by atoms with E-state index < -0.39 is 0 Å². The van der Waals surface area contributed by atoms with E-state index >= 15 is 0 Å². The smallest absolute Gasteiger partial charge is 0.227 e. The molecule has 9 aromatic rings. The molecule has 0 atom stereocenters. The van der Waals surface area contributed by atoms with Crippen LogP contribution in [0.2, 0.25) is 0 Å². The molecule has 0 aliphatic carbocycles. The van der Waals surface area contributed by atoms with E-state index in [4.69, 9.17) is 14.4 Å². The van der Waals surface area contributed by atoms with Gasteiger partial charge in [-0.3, -0.25) is 4.57 Å². The van der Waals surface area contributed by atoms with E-state index in [-0.39, 0.29) is 11.8 Å². The van der Waals surface area contributed by atoms with Crippen LogP contribution in [0.1, 0.15) is 50.7 Å². The van der Waals surface area contributed by atoms with E-state index in [1.165, 1.54) is 33.3 Å². The summed E-state index contributed by atoms with van der Waals surface area (Å²) in [5.41, 5.74) is 11.6. The van der Waals surface area contributed by atoms with Gasteiger partial charge in [0.05, 0.1) is 27.8 Å². The first-order valence-corrected chi connectivity index (χ1v) is 16.8. The molecule has 9 rings (SSSR count). The van der Waals surface area contributed by atoms with Crippen LogP contribution in [0.3, 0.4) is 0 Å². The Hall–Kier alpha value is -5.74. The minimum Gasteiger partial charge on any atom is -0.437 e. The van der Waals surface area contributed by atoms with E-state index in [1.54, 1.807) is 0 Å². The van der Waals surface area contributed by atoms with Crippen LogP contribution in [-0.4, -0.2) is 14.5 Å². The summed E-state index contributed by atoms with van der Waals surface area (Å²) in [4.78, 5) is 10.5. The summed E-state index contributed by atoms with van der Waals surface area (Å²) in [5.74, 6) is 1.43. The lowest BCUT2D eigenvalue weighted by molar-refractivity contribution is 0.656. The molecule has 0 aliphatic heterocycles. The first-order chi connectivity index (χ1) is 23.5. The Balaban J connectivity index is 1.35. The highest BCUT2D eigenvalue weighted by molar-refractivity contribution is 6.14. The molecule has 48 heavy (non-hydrogen) atoms. The molecule has 3 aromatic heterocycles. The van der Waals surface area contributed by atoms with E-state index in [1.807, 2.05) is 0 Å². The standard InChI is InChI=1S/C44H35N3O/c1-26(2)35-24-31(28-13-6-5-7-14-28)25-36(27(3)4)41(35)47-39-20-11-10-19-38(39)45-43(47)34-18-12-17-33-37-23-30-22-21-29-15-8-9-16-32(29)40(30)46-44(37)48-42(33)34/h5-27H,1-4H3. The molecular weight excluding hydrogens is 587 g/mol. The topological polar surface area (TPSA) is 43.9 Å². The summed E-state index contributed by atoms with van der Waals surface area (Å²) in [5, 5.41) is 5.44. The molecular formula is C44H35N3O. The minimum atomic E-state index is 0.281. The van der Waals surface area contributed by atoms with Gasteiger partial charge in [0.25, 0.3) is 0 Å². The first kappa shape index (κ1) is 28.5. The lowest BCUT2D eigenvalue weighted by Crippen LogP contribution is -2.09. The second kappa shape index (κ2) is 10.9. The van der Waals surface area contributed by atoms with Crippen molar-refractivity contribution in [1.82, 2.24) is 14.5 Å². The van der Waals surface area contributed by atoms with Crippen molar-refractivity contribution in [3.8, 4) is 28.2 Å². The molecule has 0 radical (unpaired) electrons. The fourth-order valence-electron chi connectivity index (χ4n) is 7.34. The zero-order valence-electron chi connectivity index (χ0n) is 27.5. The largest absolute Gasteiger partial charge is 0.437 e. The van der Waals surface area contributed by atoms with Crippen molar-refractivity contribution < 1.29 is 4.42 Å². The van der Waals surface area contributed by atoms with Crippen molar-refractivity contribution in [3.63, 3.8) is 0 Å². The summed E-state index contributed by atoms with van der Waals surface area (Å²) in [6.45, 7) is 9.15. The van der Waals surface area contributed by atoms with Gasteiger partial charge in [-0.1, -0.05) is 119 Å². The molecule has 0 unspecified atom stereocenters. The van der Waals surface area contributed by atoms with Crippen LogP contribution >= 0.6 is 0 Å². The second-order valence-corrected chi connectivity index (χ2v) is 13.4. The van der Waals surface area contributed by atoms with Crippen LogP contribution in [0.4, 0.5) is 0 Å². The van der Waals surface area contributed by atoms with Crippen LogP contribution in [0.15, 0.2) is 132 Å². The SMILES string of the molecule is CC(C)c1cc(-c2ccccc2)cc(C(C)C)c1-n1c(-c2cccc3c2oc2nc4c(ccc5ccccc54)cc23)nc2ccccc21. The second-order valence-electron chi connectivity index (χ2n) is 13.4. The molecule has 4 heteroatoms. The van der Waals surface area contributed by atoms with Gasteiger partial charge < -0.3 is 4.42 Å². The van der Waals surface area contributed by atoms with Crippen LogP contribution in [-0.2, 0) is 0 Å². The number of para-hydroxylation sites is 3. The zero-order chi connectivity index (χ0) is 32.5. The van der Waals surface area contributed by atoms with Gasteiger partial charge in [-0.25, -0.2) is 9.97 Å². The number of nitrogens with zero attached hydrogens (tertiary/aromatic N) is 3. The number of rotatable bonds is 5. The number of furan rings is 1. The summed E-state index contributed by atoms with van der Waals surface area (Å²) < 4.78 is 9.13. The van der Waals surface area contributed by atoms with Crippen molar-refractivity contribution in [2.24, 2.45) is 0 Å². The highest BCUT2D eigenvalue weighted by Crippen LogP contribution is 2.43. The number of aromatic nitrogens is 3. The monoisotopic (exact) mass is 621 g/mol. The van der Waals surface area contributed by atoms with E-state index in [0.717, 1.165) is 55.1 Å². The lowest BCUT2D eigenvalue weighted by atomic mass is 9.88. The molecule has 0 fully saturated rings. The van der Waals surface area contributed by atoms with Gasteiger partial charge in [0.2, 0.25) is 5.71 Å². The maximum atomic E-state index is 6.75. The fourth-order valence-corrected chi connectivity index (χ4v) is 7.34. The van der Waals surface area contributed by atoms with Crippen molar-refractivity contribution in [3.05, 3.63) is 139 Å². The van der Waals surface area contributed by atoms with Gasteiger partial charge >= 0.3 is 0 Å². The predicted molar refractivity (Wildman–Crippen MR) is 200 cm³/mol. The minimum absolute atomic E-state index is 0.281. The van der Waals surface area contributed by atoms with Crippen molar-refractivity contribution in [2.45, 2.75) is 39.5 Å².